The summed E-state index contributed by atoms with van der Waals surface area (Å²) in [5, 5.41) is 8.75. The van der Waals surface area contributed by atoms with Crippen LogP contribution in [0, 0.1) is 16.7 Å². The van der Waals surface area contributed by atoms with Crippen molar-refractivity contribution < 1.29 is 9.31 Å². The van der Waals surface area contributed by atoms with Crippen molar-refractivity contribution in [2.45, 2.75) is 13.8 Å². The Morgan fingerprint density at radius 1 is 1.38 bits per heavy atom. The zero-order valence-electron chi connectivity index (χ0n) is 9.43. The van der Waals surface area contributed by atoms with E-state index in [2.05, 4.69) is 18.8 Å². The van der Waals surface area contributed by atoms with Crippen LogP contribution in [0.5, 0.6) is 0 Å². The number of nitriles is 1. The highest BCUT2D eigenvalue weighted by Crippen LogP contribution is 2.21. The predicted molar refractivity (Wildman–Crippen MR) is 60.0 cm³/mol. The van der Waals surface area contributed by atoms with Crippen molar-refractivity contribution in [2.75, 3.05) is 13.2 Å². The van der Waals surface area contributed by atoms with Gasteiger partial charge in [0.1, 0.15) is 11.8 Å². The van der Waals surface area contributed by atoms with Crippen molar-refractivity contribution >= 4 is 12.7 Å². The van der Waals surface area contributed by atoms with Gasteiger partial charge in [-0.25, -0.2) is 4.98 Å². The van der Waals surface area contributed by atoms with Gasteiger partial charge in [0, 0.05) is 18.6 Å². The lowest BCUT2D eigenvalue weighted by atomic mass is 9.79. The summed E-state index contributed by atoms with van der Waals surface area (Å²) in [4.78, 5) is 4.15. The molecule has 82 valence electrons. The van der Waals surface area contributed by atoms with Gasteiger partial charge < -0.3 is 9.31 Å². The lowest BCUT2D eigenvalue weighted by Crippen LogP contribution is -2.48. The normalized spacial score (nSPS) is 19.2. The fraction of sp³-hybridized carbons (Fsp3) is 0.455. The molecule has 1 aromatic rings. The second-order valence-electron chi connectivity index (χ2n) is 4.68. The Hall–Kier alpha value is -1.38. The van der Waals surface area contributed by atoms with Crippen LogP contribution in [0.15, 0.2) is 18.2 Å². The summed E-state index contributed by atoms with van der Waals surface area (Å²) in [6.45, 7) is 5.44. The van der Waals surface area contributed by atoms with Gasteiger partial charge in [0.15, 0.2) is 0 Å². The van der Waals surface area contributed by atoms with Crippen LogP contribution in [0.4, 0.5) is 0 Å². The number of hydrogen-bond donors (Lipinski definition) is 0. The lowest BCUT2D eigenvalue weighted by molar-refractivity contribution is 0.0339. The number of hydrogen-bond acceptors (Lipinski definition) is 4. The van der Waals surface area contributed by atoms with Gasteiger partial charge in [-0.15, -0.1) is 0 Å². The Bertz CT molecular complexity index is 418. The van der Waals surface area contributed by atoms with Crippen molar-refractivity contribution in [1.29, 1.82) is 5.26 Å². The van der Waals surface area contributed by atoms with Gasteiger partial charge in [-0.05, 0) is 12.1 Å². The number of aromatic nitrogens is 1. The number of pyridine rings is 1. The molecule has 0 radical (unpaired) electrons. The molecular weight excluding hydrogens is 203 g/mol. The monoisotopic (exact) mass is 216 g/mol. The molecule has 2 rings (SSSR count). The molecule has 1 aromatic heterocycles. The molecule has 0 unspecified atom stereocenters. The molecule has 0 spiro atoms. The second-order valence-corrected chi connectivity index (χ2v) is 4.68. The van der Waals surface area contributed by atoms with E-state index in [-0.39, 0.29) is 5.41 Å². The van der Waals surface area contributed by atoms with E-state index >= 15 is 0 Å². The molecule has 0 N–H and O–H groups in total. The van der Waals surface area contributed by atoms with Crippen molar-refractivity contribution in [3.8, 4) is 6.07 Å². The predicted octanol–water partition coefficient (Wildman–Crippen LogP) is 0.721. The average Bonchev–Trinajstić information content (AvgIpc) is 2.29. The molecule has 1 fully saturated rings. The Kier molecular flexibility index (Phi) is 2.95. The molecule has 1 aliphatic rings. The van der Waals surface area contributed by atoms with E-state index in [0.29, 0.717) is 24.5 Å². The molecule has 0 atom stereocenters. The summed E-state index contributed by atoms with van der Waals surface area (Å²) in [5.41, 5.74) is 1.09. The summed E-state index contributed by atoms with van der Waals surface area (Å²) < 4.78 is 11.2. The summed E-state index contributed by atoms with van der Waals surface area (Å²) in [6.07, 6.45) is 0. The first-order valence-electron chi connectivity index (χ1n) is 5.21. The summed E-state index contributed by atoms with van der Waals surface area (Å²) >= 11 is 0. The molecule has 0 amide bonds. The van der Waals surface area contributed by atoms with E-state index < -0.39 is 7.12 Å². The minimum atomic E-state index is -0.443. The maximum atomic E-state index is 8.75. The van der Waals surface area contributed by atoms with Gasteiger partial charge in [0.2, 0.25) is 0 Å². The number of nitrogens with zero attached hydrogens (tertiary/aromatic N) is 2. The largest absolute Gasteiger partial charge is 0.513 e. The molecule has 4 nitrogen and oxygen atoms in total. The highest BCUT2D eigenvalue weighted by atomic mass is 16.6. The van der Waals surface area contributed by atoms with E-state index in [1.807, 2.05) is 12.1 Å². The van der Waals surface area contributed by atoms with E-state index in [4.69, 9.17) is 14.6 Å². The van der Waals surface area contributed by atoms with E-state index in [9.17, 15) is 0 Å². The minimum absolute atomic E-state index is 0.0450. The zero-order valence-corrected chi connectivity index (χ0v) is 9.43. The zero-order chi connectivity index (χ0) is 11.6. The third kappa shape index (κ3) is 2.41. The van der Waals surface area contributed by atoms with E-state index in [1.54, 1.807) is 12.1 Å². The first-order chi connectivity index (χ1) is 7.61. The highest BCUT2D eigenvalue weighted by molar-refractivity contribution is 6.60. The Labute approximate surface area is 95.3 Å². The first-order valence-corrected chi connectivity index (χ1v) is 5.21. The van der Waals surface area contributed by atoms with Crippen LogP contribution in [-0.4, -0.2) is 25.3 Å². The van der Waals surface area contributed by atoms with Crippen LogP contribution in [0.2, 0.25) is 0 Å². The van der Waals surface area contributed by atoms with Gasteiger partial charge in [0.05, 0.1) is 5.59 Å². The third-order valence-electron chi connectivity index (χ3n) is 2.38. The van der Waals surface area contributed by atoms with Gasteiger partial charge >= 0.3 is 7.12 Å². The third-order valence-corrected chi connectivity index (χ3v) is 2.38. The quantitative estimate of drug-likeness (QED) is 0.649. The fourth-order valence-corrected chi connectivity index (χ4v) is 1.51. The molecule has 16 heavy (non-hydrogen) atoms. The van der Waals surface area contributed by atoms with Crippen LogP contribution < -0.4 is 5.59 Å². The summed E-state index contributed by atoms with van der Waals surface area (Å²) in [6, 6.07) is 7.26. The van der Waals surface area contributed by atoms with Gasteiger partial charge in [-0.3, -0.25) is 0 Å². The summed E-state index contributed by atoms with van der Waals surface area (Å²) in [5.74, 6) is 0. The Morgan fingerprint density at radius 2 is 2.06 bits per heavy atom. The smallest absolute Gasteiger partial charge is 0.406 e. The topological polar surface area (TPSA) is 55.1 Å². The van der Waals surface area contributed by atoms with Crippen molar-refractivity contribution in [3.63, 3.8) is 0 Å². The van der Waals surface area contributed by atoms with Crippen molar-refractivity contribution in [3.05, 3.63) is 23.9 Å². The maximum absolute atomic E-state index is 8.75. The molecule has 1 aliphatic heterocycles. The number of rotatable bonds is 1. The van der Waals surface area contributed by atoms with Crippen molar-refractivity contribution in [1.82, 2.24) is 4.98 Å². The molecule has 2 heterocycles. The minimum Gasteiger partial charge on any atom is -0.406 e. The lowest BCUT2D eigenvalue weighted by Gasteiger charge is -2.32. The van der Waals surface area contributed by atoms with E-state index in [1.165, 1.54) is 0 Å². The van der Waals surface area contributed by atoms with Gasteiger partial charge in [-0.1, -0.05) is 19.9 Å². The molecule has 1 saturated heterocycles. The van der Waals surface area contributed by atoms with Crippen LogP contribution in [0.1, 0.15) is 19.5 Å². The average molecular weight is 216 g/mol. The molecule has 0 aliphatic carbocycles. The Balaban J connectivity index is 2.11. The van der Waals surface area contributed by atoms with Crippen LogP contribution in [-0.2, 0) is 9.31 Å². The van der Waals surface area contributed by atoms with Gasteiger partial charge in [-0.2, -0.15) is 5.26 Å². The molecule has 0 aromatic carbocycles. The molecule has 0 bridgehead atoms. The highest BCUT2D eigenvalue weighted by Gasteiger charge is 2.34. The molecule has 0 saturated carbocycles. The molecule has 5 heteroatoms. The first kappa shape index (κ1) is 11.1. The van der Waals surface area contributed by atoms with Crippen LogP contribution >= 0.6 is 0 Å². The van der Waals surface area contributed by atoms with Crippen molar-refractivity contribution in [2.24, 2.45) is 5.41 Å². The standard InChI is InChI=1S/C11H13BN2O2/c1-11(2)7-15-12(16-8-11)10-5-3-4-9(6-13)14-10/h3-5H,7-8H2,1-2H3. The second kappa shape index (κ2) is 4.24. The Morgan fingerprint density at radius 3 is 2.69 bits per heavy atom. The fourth-order valence-electron chi connectivity index (χ4n) is 1.51. The maximum Gasteiger partial charge on any atom is 0.513 e. The molecular formula is C11H13BN2O2. The van der Waals surface area contributed by atoms with Crippen LogP contribution in [0.3, 0.4) is 0 Å². The van der Waals surface area contributed by atoms with Crippen LogP contribution in [0.25, 0.3) is 0 Å². The van der Waals surface area contributed by atoms with E-state index in [0.717, 1.165) is 0 Å². The SMILES string of the molecule is CC1(C)COB(c2cccc(C#N)n2)OC1. The van der Waals surface area contributed by atoms with Gasteiger partial charge in [0.25, 0.3) is 0 Å². The summed E-state index contributed by atoms with van der Waals surface area (Å²) in [7, 11) is -0.443.